The molecule has 144 valence electrons. The Morgan fingerprint density at radius 1 is 0.759 bits per heavy atom. The summed E-state index contributed by atoms with van der Waals surface area (Å²) in [5, 5.41) is 0.851. The van der Waals surface area contributed by atoms with E-state index in [-0.39, 0.29) is 0 Å². The van der Waals surface area contributed by atoms with Gasteiger partial charge in [-0.1, -0.05) is 54.6 Å². The quantitative estimate of drug-likeness (QED) is 0.330. The molecular formula is C25H20O4. The van der Waals surface area contributed by atoms with Crippen LogP contribution in [-0.4, -0.2) is 14.2 Å². The fourth-order valence-electron chi connectivity index (χ4n) is 3.21. The Morgan fingerprint density at radius 3 is 2.28 bits per heavy atom. The van der Waals surface area contributed by atoms with Gasteiger partial charge in [-0.2, -0.15) is 0 Å². The summed E-state index contributed by atoms with van der Waals surface area (Å²) < 4.78 is 16.2. The molecule has 3 aromatic carbocycles. The lowest BCUT2D eigenvalue weighted by Crippen LogP contribution is -2.03. The van der Waals surface area contributed by atoms with Crippen LogP contribution in [0.1, 0.15) is 11.1 Å². The second-order valence-corrected chi connectivity index (χ2v) is 6.56. The predicted octanol–water partition coefficient (Wildman–Crippen LogP) is 5.65. The zero-order valence-electron chi connectivity index (χ0n) is 16.2. The Morgan fingerprint density at radius 2 is 1.52 bits per heavy atom. The van der Waals surface area contributed by atoms with Crippen molar-refractivity contribution >= 4 is 23.1 Å². The van der Waals surface area contributed by atoms with Crippen molar-refractivity contribution in [3.05, 3.63) is 94.3 Å². The SMILES string of the molecule is COc1ccc(-c2cc3cc(/C=C/c4ccccc4)ccc3oc2=O)cc1OC. The van der Waals surface area contributed by atoms with Crippen molar-refractivity contribution < 1.29 is 13.9 Å². The molecule has 0 aliphatic carbocycles. The van der Waals surface area contributed by atoms with E-state index in [1.165, 1.54) is 0 Å². The van der Waals surface area contributed by atoms with Gasteiger partial charge in [0.15, 0.2) is 11.5 Å². The van der Waals surface area contributed by atoms with E-state index in [1.807, 2.05) is 66.7 Å². The minimum absolute atomic E-state index is 0.391. The van der Waals surface area contributed by atoms with Gasteiger partial charge in [-0.3, -0.25) is 0 Å². The number of hydrogen-bond acceptors (Lipinski definition) is 4. The highest BCUT2D eigenvalue weighted by Crippen LogP contribution is 2.32. The molecule has 0 saturated carbocycles. The van der Waals surface area contributed by atoms with Crippen molar-refractivity contribution in [2.75, 3.05) is 14.2 Å². The van der Waals surface area contributed by atoms with Gasteiger partial charge in [0, 0.05) is 5.39 Å². The first kappa shape index (κ1) is 18.6. The average Bonchev–Trinajstić information content (AvgIpc) is 2.77. The molecule has 1 aromatic heterocycles. The third-order valence-electron chi connectivity index (χ3n) is 4.72. The molecule has 0 radical (unpaired) electrons. The molecule has 0 unspecified atom stereocenters. The number of rotatable bonds is 5. The van der Waals surface area contributed by atoms with Gasteiger partial charge in [0.2, 0.25) is 0 Å². The summed E-state index contributed by atoms with van der Waals surface area (Å²) in [4.78, 5) is 12.5. The molecule has 0 spiro atoms. The van der Waals surface area contributed by atoms with E-state index in [0.29, 0.717) is 28.2 Å². The van der Waals surface area contributed by atoms with Crippen molar-refractivity contribution in [2.24, 2.45) is 0 Å². The molecule has 4 aromatic rings. The molecule has 0 atom stereocenters. The summed E-state index contributed by atoms with van der Waals surface area (Å²) in [6.45, 7) is 0. The standard InChI is InChI=1S/C25H20O4/c1-27-23-13-11-19(16-24(23)28-2)21-15-20-14-18(10-12-22(20)29-25(21)26)9-8-17-6-4-3-5-7-17/h3-16H,1-2H3/b9-8+. The lowest BCUT2D eigenvalue weighted by atomic mass is 10.0. The van der Waals surface area contributed by atoms with Crippen LogP contribution in [-0.2, 0) is 0 Å². The second kappa shape index (κ2) is 8.07. The Bertz CT molecular complexity index is 1240. The normalized spacial score (nSPS) is 11.1. The Hall–Kier alpha value is -3.79. The smallest absolute Gasteiger partial charge is 0.344 e. The van der Waals surface area contributed by atoms with Crippen LogP contribution in [0.5, 0.6) is 11.5 Å². The molecule has 0 aliphatic rings. The molecule has 29 heavy (non-hydrogen) atoms. The summed E-state index contributed by atoms with van der Waals surface area (Å²) in [6, 6.07) is 23.1. The predicted molar refractivity (Wildman–Crippen MR) is 116 cm³/mol. The largest absolute Gasteiger partial charge is 0.493 e. The summed E-state index contributed by atoms with van der Waals surface area (Å²) in [6.07, 6.45) is 4.09. The van der Waals surface area contributed by atoms with Crippen molar-refractivity contribution in [1.29, 1.82) is 0 Å². The molecule has 1 heterocycles. The van der Waals surface area contributed by atoms with Gasteiger partial charge in [0.05, 0.1) is 19.8 Å². The first-order chi connectivity index (χ1) is 14.2. The van der Waals surface area contributed by atoms with Crippen LogP contribution in [0.4, 0.5) is 0 Å². The van der Waals surface area contributed by atoms with Gasteiger partial charge in [-0.05, 0) is 47.0 Å². The number of fused-ring (bicyclic) bond motifs is 1. The van der Waals surface area contributed by atoms with Crippen LogP contribution < -0.4 is 15.1 Å². The van der Waals surface area contributed by atoms with Gasteiger partial charge in [0.25, 0.3) is 0 Å². The first-order valence-electron chi connectivity index (χ1n) is 9.21. The summed E-state index contributed by atoms with van der Waals surface area (Å²) in [7, 11) is 3.14. The van der Waals surface area contributed by atoms with Crippen LogP contribution in [0.2, 0.25) is 0 Å². The molecular weight excluding hydrogens is 364 g/mol. The molecule has 0 amide bonds. The average molecular weight is 384 g/mol. The number of methoxy groups -OCH3 is 2. The summed E-state index contributed by atoms with van der Waals surface area (Å²) in [5.74, 6) is 1.17. The van der Waals surface area contributed by atoms with Crippen molar-refractivity contribution in [1.82, 2.24) is 0 Å². The van der Waals surface area contributed by atoms with E-state index in [2.05, 4.69) is 6.08 Å². The topological polar surface area (TPSA) is 48.7 Å². The first-order valence-corrected chi connectivity index (χ1v) is 9.21. The fourth-order valence-corrected chi connectivity index (χ4v) is 3.21. The van der Waals surface area contributed by atoms with Gasteiger partial charge in [0.1, 0.15) is 5.58 Å². The zero-order chi connectivity index (χ0) is 20.2. The maximum absolute atomic E-state index is 12.5. The van der Waals surface area contributed by atoms with Crippen molar-refractivity contribution in [3.63, 3.8) is 0 Å². The maximum Gasteiger partial charge on any atom is 0.344 e. The molecule has 0 N–H and O–H groups in total. The van der Waals surface area contributed by atoms with Gasteiger partial charge >= 0.3 is 5.63 Å². The molecule has 0 saturated heterocycles. The van der Waals surface area contributed by atoms with Crippen LogP contribution >= 0.6 is 0 Å². The Balaban J connectivity index is 1.75. The Kier molecular flexibility index (Phi) is 5.16. The molecule has 4 rings (SSSR count). The molecule has 0 bridgehead atoms. The number of benzene rings is 3. The van der Waals surface area contributed by atoms with Gasteiger partial charge < -0.3 is 13.9 Å². The third kappa shape index (κ3) is 3.92. The van der Waals surface area contributed by atoms with Gasteiger partial charge in [-0.25, -0.2) is 4.79 Å². The van der Waals surface area contributed by atoms with Crippen molar-refractivity contribution in [3.8, 4) is 22.6 Å². The molecule has 4 nitrogen and oxygen atoms in total. The minimum Gasteiger partial charge on any atom is -0.493 e. The fraction of sp³-hybridized carbons (Fsp3) is 0.0800. The summed E-state index contributed by atoms with van der Waals surface area (Å²) in [5.41, 5.74) is 3.49. The monoisotopic (exact) mass is 384 g/mol. The van der Waals surface area contributed by atoms with E-state index >= 15 is 0 Å². The van der Waals surface area contributed by atoms with E-state index < -0.39 is 5.63 Å². The lowest BCUT2D eigenvalue weighted by Gasteiger charge is -2.09. The van der Waals surface area contributed by atoms with Crippen LogP contribution in [0.3, 0.4) is 0 Å². The molecule has 0 fully saturated rings. The third-order valence-corrected chi connectivity index (χ3v) is 4.72. The highest BCUT2D eigenvalue weighted by molar-refractivity contribution is 5.85. The lowest BCUT2D eigenvalue weighted by molar-refractivity contribution is 0.355. The van der Waals surface area contributed by atoms with E-state index in [1.54, 1.807) is 26.4 Å². The highest BCUT2D eigenvalue weighted by atomic mass is 16.5. The zero-order valence-corrected chi connectivity index (χ0v) is 16.2. The van der Waals surface area contributed by atoms with Gasteiger partial charge in [-0.15, -0.1) is 0 Å². The van der Waals surface area contributed by atoms with Crippen LogP contribution in [0.15, 0.2) is 82.0 Å². The Labute approximate surface area is 168 Å². The number of hydrogen-bond donors (Lipinski definition) is 0. The maximum atomic E-state index is 12.5. The number of ether oxygens (including phenoxy) is 2. The van der Waals surface area contributed by atoms with E-state index in [0.717, 1.165) is 16.5 Å². The van der Waals surface area contributed by atoms with Crippen LogP contribution in [0.25, 0.3) is 34.2 Å². The minimum atomic E-state index is -0.391. The summed E-state index contributed by atoms with van der Waals surface area (Å²) >= 11 is 0. The van der Waals surface area contributed by atoms with Crippen molar-refractivity contribution in [2.45, 2.75) is 0 Å². The van der Waals surface area contributed by atoms with Crippen LogP contribution in [0, 0.1) is 0 Å². The molecule has 0 aliphatic heterocycles. The van der Waals surface area contributed by atoms with E-state index in [4.69, 9.17) is 13.9 Å². The molecule has 4 heteroatoms. The second-order valence-electron chi connectivity index (χ2n) is 6.56. The van der Waals surface area contributed by atoms with E-state index in [9.17, 15) is 4.79 Å². The highest BCUT2D eigenvalue weighted by Gasteiger charge is 2.11.